The van der Waals surface area contributed by atoms with Crippen molar-refractivity contribution in [2.75, 3.05) is 0 Å². The summed E-state index contributed by atoms with van der Waals surface area (Å²) in [6.07, 6.45) is 1.92. The van der Waals surface area contributed by atoms with Gasteiger partial charge in [0.1, 0.15) is 11.5 Å². The van der Waals surface area contributed by atoms with Crippen molar-refractivity contribution in [2.24, 2.45) is 0 Å². The Balaban J connectivity index is 1.71. The normalized spacial score (nSPS) is 11.3. The average Bonchev–Trinajstić information content (AvgIpc) is 3.15. The van der Waals surface area contributed by atoms with Gasteiger partial charge in [-0.25, -0.2) is 0 Å². The van der Waals surface area contributed by atoms with Crippen LogP contribution >= 0.6 is 0 Å². The number of benzene rings is 4. The van der Waals surface area contributed by atoms with Crippen LogP contribution < -0.4 is 0 Å². The van der Waals surface area contributed by atoms with Crippen molar-refractivity contribution >= 4 is 21.7 Å². The summed E-state index contributed by atoms with van der Waals surface area (Å²) < 4.78 is 0. The molecule has 0 bridgehead atoms. The van der Waals surface area contributed by atoms with Gasteiger partial charge >= 0.3 is 0 Å². The van der Waals surface area contributed by atoms with E-state index in [0.717, 1.165) is 43.9 Å². The van der Waals surface area contributed by atoms with Gasteiger partial charge in [-0.15, -0.1) is 0 Å². The van der Waals surface area contributed by atoms with E-state index in [-0.39, 0.29) is 11.5 Å². The number of rotatable bonds is 2. The Morgan fingerprint density at radius 2 is 1.44 bits per heavy atom. The van der Waals surface area contributed by atoms with Crippen molar-refractivity contribution in [2.45, 2.75) is 0 Å². The maximum atomic E-state index is 10.6. The number of aromatic nitrogens is 1. The molecule has 1 heterocycles. The summed E-state index contributed by atoms with van der Waals surface area (Å²) in [7, 11) is 0. The molecule has 5 rings (SSSR count). The van der Waals surface area contributed by atoms with Gasteiger partial charge in [0.25, 0.3) is 0 Å². The Kier molecular flexibility index (Phi) is 3.41. The summed E-state index contributed by atoms with van der Waals surface area (Å²) in [5.74, 6) is 0.515. The summed E-state index contributed by atoms with van der Waals surface area (Å²) in [6.45, 7) is 0. The molecule has 3 heteroatoms. The van der Waals surface area contributed by atoms with Crippen molar-refractivity contribution in [3.05, 3.63) is 85.1 Å². The van der Waals surface area contributed by atoms with Gasteiger partial charge in [0, 0.05) is 17.3 Å². The largest absolute Gasteiger partial charge is 0.508 e. The second kappa shape index (κ2) is 5.92. The summed E-state index contributed by atoms with van der Waals surface area (Å²) in [4.78, 5) is 3.20. The Labute approximate surface area is 156 Å². The van der Waals surface area contributed by atoms with Crippen LogP contribution in [0.1, 0.15) is 0 Å². The van der Waals surface area contributed by atoms with Crippen molar-refractivity contribution < 1.29 is 10.2 Å². The van der Waals surface area contributed by atoms with E-state index in [0.29, 0.717) is 0 Å². The van der Waals surface area contributed by atoms with E-state index in [1.807, 2.05) is 54.7 Å². The predicted octanol–water partition coefficient (Wildman–Crippen LogP) is 6.07. The lowest BCUT2D eigenvalue weighted by molar-refractivity contribution is 0.475. The van der Waals surface area contributed by atoms with Gasteiger partial charge in [-0.3, -0.25) is 0 Å². The number of hydrogen-bond acceptors (Lipinski definition) is 2. The summed E-state index contributed by atoms with van der Waals surface area (Å²) >= 11 is 0. The van der Waals surface area contributed by atoms with Gasteiger partial charge in [0.05, 0.1) is 0 Å². The summed E-state index contributed by atoms with van der Waals surface area (Å²) in [5.41, 5.74) is 4.87. The summed E-state index contributed by atoms with van der Waals surface area (Å²) in [6, 6.07) is 25.2. The van der Waals surface area contributed by atoms with Gasteiger partial charge in [0.2, 0.25) is 0 Å². The smallest absolute Gasteiger partial charge is 0.124 e. The second-order valence-electron chi connectivity index (χ2n) is 6.73. The molecule has 0 saturated heterocycles. The van der Waals surface area contributed by atoms with E-state index in [1.165, 1.54) is 0 Å². The summed E-state index contributed by atoms with van der Waals surface area (Å²) in [5, 5.41) is 23.5. The molecule has 3 N–H and O–H groups in total. The number of aromatic amines is 1. The van der Waals surface area contributed by atoms with Crippen LogP contribution in [0.5, 0.6) is 11.5 Å². The molecule has 0 aliphatic heterocycles. The second-order valence-corrected chi connectivity index (χ2v) is 6.73. The minimum atomic E-state index is 0.249. The molecule has 0 spiro atoms. The molecular weight excluding hydrogens is 334 g/mol. The minimum absolute atomic E-state index is 0.249. The zero-order chi connectivity index (χ0) is 18.4. The van der Waals surface area contributed by atoms with Crippen molar-refractivity contribution in [1.29, 1.82) is 0 Å². The van der Waals surface area contributed by atoms with Gasteiger partial charge < -0.3 is 15.2 Å². The molecular formula is C24H17NO2. The number of aromatic hydroxyl groups is 2. The molecule has 27 heavy (non-hydrogen) atoms. The minimum Gasteiger partial charge on any atom is -0.508 e. The number of nitrogens with one attached hydrogen (secondary N) is 1. The van der Waals surface area contributed by atoms with Crippen LogP contribution in [0.2, 0.25) is 0 Å². The zero-order valence-electron chi connectivity index (χ0n) is 14.5. The third kappa shape index (κ3) is 2.61. The lowest BCUT2D eigenvalue weighted by atomic mass is 9.94. The monoisotopic (exact) mass is 351 g/mol. The number of phenols is 2. The maximum Gasteiger partial charge on any atom is 0.124 e. The van der Waals surface area contributed by atoms with E-state index >= 15 is 0 Å². The van der Waals surface area contributed by atoms with Crippen LogP contribution in [0.15, 0.2) is 85.1 Å². The highest BCUT2D eigenvalue weighted by Gasteiger charge is 2.11. The fourth-order valence-corrected chi connectivity index (χ4v) is 3.70. The van der Waals surface area contributed by atoms with E-state index in [2.05, 4.69) is 17.1 Å². The first-order chi connectivity index (χ1) is 13.2. The molecule has 0 aliphatic carbocycles. The number of fused-ring (bicyclic) bond motifs is 2. The van der Waals surface area contributed by atoms with E-state index in [4.69, 9.17) is 0 Å². The molecule has 0 atom stereocenters. The third-order valence-corrected chi connectivity index (χ3v) is 5.02. The Morgan fingerprint density at radius 1 is 0.630 bits per heavy atom. The quantitative estimate of drug-likeness (QED) is 0.362. The Bertz CT molecular complexity index is 1300. The standard InChI is InChI=1S/C24H17NO2/c26-20-3-1-2-15(14-20)16-4-7-21-17(12-16)6-9-23(27)24(21)19-5-8-22-18(13-19)10-11-25-22/h1-14,25-27H. The number of H-pyrrole nitrogens is 1. The van der Waals surface area contributed by atoms with Crippen LogP contribution in [0, 0.1) is 0 Å². The fourth-order valence-electron chi connectivity index (χ4n) is 3.70. The molecule has 0 aliphatic rings. The van der Waals surface area contributed by atoms with Gasteiger partial charge in [-0.2, -0.15) is 0 Å². The molecule has 0 fully saturated rings. The molecule has 0 unspecified atom stereocenters. The van der Waals surface area contributed by atoms with Crippen molar-refractivity contribution in [3.8, 4) is 33.8 Å². The highest BCUT2D eigenvalue weighted by atomic mass is 16.3. The zero-order valence-corrected chi connectivity index (χ0v) is 14.5. The first kappa shape index (κ1) is 15.5. The molecule has 3 nitrogen and oxygen atoms in total. The van der Waals surface area contributed by atoms with E-state index in [9.17, 15) is 10.2 Å². The first-order valence-corrected chi connectivity index (χ1v) is 8.82. The third-order valence-electron chi connectivity index (χ3n) is 5.02. The average molecular weight is 351 g/mol. The SMILES string of the molecule is Oc1cccc(-c2ccc3c(-c4ccc5[nH]ccc5c4)c(O)ccc3c2)c1. The van der Waals surface area contributed by atoms with Gasteiger partial charge in [0.15, 0.2) is 0 Å². The number of phenolic OH excluding ortho intramolecular Hbond substituents is 2. The van der Waals surface area contributed by atoms with Crippen LogP contribution in [-0.4, -0.2) is 15.2 Å². The molecule has 0 saturated carbocycles. The highest BCUT2D eigenvalue weighted by molar-refractivity contribution is 6.02. The predicted molar refractivity (Wildman–Crippen MR) is 110 cm³/mol. The Hall–Kier alpha value is -3.72. The van der Waals surface area contributed by atoms with Gasteiger partial charge in [-0.1, -0.05) is 36.4 Å². The maximum absolute atomic E-state index is 10.6. The molecule has 130 valence electrons. The van der Waals surface area contributed by atoms with Crippen LogP contribution in [0.4, 0.5) is 0 Å². The van der Waals surface area contributed by atoms with E-state index in [1.54, 1.807) is 18.2 Å². The van der Waals surface area contributed by atoms with Crippen LogP contribution in [-0.2, 0) is 0 Å². The molecule has 4 aromatic carbocycles. The number of hydrogen-bond donors (Lipinski definition) is 3. The lowest BCUT2D eigenvalue weighted by Crippen LogP contribution is -1.85. The highest BCUT2D eigenvalue weighted by Crippen LogP contribution is 2.39. The van der Waals surface area contributed by atoms with Crippen molar-refractivity contribution in [1.82, 2.24) is 4.98 Å². The topological polar surface area (TPSA) is 56.2 Å². The van der Waals surface area contributed by atoms with Gasteiger partial charge in [-0.05, 0) is 75.3 Å². The fraction of sp³-hybridized carbons (Fsp3) is 0. The Morgan fingerprint density at radius 3 is 2.33 bits per heavy atom. The lowest BCUT2D eigenvalue weighted by Gasteiger charge is -2.12. The van der Waals surface area contributed by atoms with Crippen molar-refractivity contribution in [3.63, 3.8) is 0 Å². The van der Waals surface area contributed by atoms with Crippen LogP contribution in [0.3, 0.4) is 0 Å². The van der Waals surface area contributed by atoms with E-state index < -0.39 is 0 Å². The van der Waals surface area contributed by atoms with Crippen LogP contribution in [0.25, 0.3) is 43.9 Å². The molecule has 5 aromatic rings. The first-order valence-electron chi connectivity index (χ1n) is 8.82. The molecule has 0 radical (unpaired) electrons. The molecule has 1 aromatic heterocycles. The molecule has 0 amide bonds.